The Kier molecular flexibility index (Phi) is 5.40. The fourth-order valence-electron chi connectivity index (χ4n) is 2.69. The highest BCUT2D eigenvalue weighted by Gasteiger charge is 2.36. The maximum Gasteiger partial charge on any atom is 0.225 e. The normalized spacial score (nSPS) is 24.3. The highest BCUT2D eigenvalue weighted by molar-refractivity contribution is 5.83. The first-order valence-corrected chi connectivity index (χ1v) is 7.86. The summed E-state index contributed by atoms with van der Waals surface area (Å²) in [6, 6.07) is 0. The lowest BCUT2D eigenvalue weighted by molar-refractivity contribution is -0.136. The maximum atomic E-state index is 12.1. The van der Waals surface area contributed by atoms with Crippen molar-refractivity contribution in [3.63, 3.8) is 0 Å². The fourth-order valence-corrected chi connectivity index (χ4v) is 2.69. The molecule has 0 aromatic carbocycles. The van der Waals surface area contributed by atoms with Crippen molar-refractivity contribution in [3.8, 4) is 0 Å². The highest BCUT2D eigenvalue weighted by atomic mass is 16.3. The van der Waals surface area contributed by atoms with Crippen molar-refractivity contribution in [1.29, 1.82) is 0 Å². The fraction of sp³-hybridized carbons (Fsp3) is 0.867. The first-order valence-electron chi connectivity index (χ1n) is 7.86. The van der Waals surface area contributed by atoms with Crippen LogP contribution in [0.1, 0.15) is 45.4 Å². The van der Waals surface area contributed by atoms with E-state index in [0.29, 0.717) is 25.9 Å². The van der Waals surface area contributed by atoms with Gasteiger partial charge in [-0.2, -0.15) is 0 Å². The molecular weight excluding hydrogens is 256 g/mol. The third-order valence-corrected chi connectivity index (χ3v) is 4.28. The van der Waals surface area contributed by atoms with E-state index >= 15 is 0 Å². The van der Waals surface area contributed by atoms with Gasteiger partial charge in [0.15, 0.2) is 0 Å². The Labute approximate surface area is 120 Å². The van der Waals surface area contributed by atoms with Crippen molar-refractivity contribution in [2.45, 2.75) is 51.6 Å². The molecule has 1 saturated heterocycles. The molecule has 5 nitrogen and oxygen atoms in total. The summed E-state index contributed by atoms with van der Waals surface area (Å²) < 4.78 is 0. The van der Waals surface area contributed by atoms with Crippen LogP contribution >= 0.6 is 0 Å². The third-order valence-electron chi connectivity index (χ3n) is 4.28. The van der Waals surface area contributed by atoms with Crippen LogP contribution in [0.15, 0.2) is 0 Å². The zero-order valence-corrected chi connectivity index (χ0v) is 12.3. The van der Waals surface area contributed by atoms with Gasteiger partial charge in [0.05, 0.1) is 12.0 Å². The van der Waals surface area contributed by atoms with Gasteiger partial charge in [-0.05, 0) is 38.5 Å². The number of hydrogen-bond acceptors (Lipinski definition) is 3. The van der Waals surface area contributed by atoms with Gasteiger partial charge in [0.2, 0.25) is 11.8 Å². The van der Waals surface area contributed by atoms with Gasteiger partial charge in [-0.15, -0.1) is 0 Å². The molecule has 2 amide bonds. The first kappa shape index (κ1) is 15.3. The van der Waals surface area contributed by atoms with Crippen LogP contribution in [0.3, 0.4) is 0 Å². The quantitative estimate of drug-likeness (QED) is 0.761. The second-order valence-electron chi connectivity index (χ2n) is 6.04. The Bertz CT molecular complexity index is 355. The maximum absolute atomic E-state index is 12.1. The molecule has 20 heavy (non-hydrogen) atoms. The van der Waals surface area contributed by atoms with Gasteiger partial charge in [0.25, 0.3) is 0 Å². The number of aliphatic hydroxyl groups is 1. The summed E-state index contributed by atoms with van der Waals surface area (Å²) in [5.41, 5.74) is 0. The second kappa shape index (κ2) is 7.07. The summed E-state index contributed by atoms with van der Waals surface area (Å²) in [4.78, 5) is 26.0. The van der Waals surface area contributed by atoms with E-state index in [2.05, 4.69) is 5.32 Å². The van der Waals surface area contributed by atoms with E-state index in [1.54, 1.807) is 0 Å². The van der Waals surface area contributed by atoms with E-state index in [1.807, 2.05) is 11.8 Å². The Morgan fingerprint density at radius 2 is 2.05 bits per heavy atom. The Morgan fingerprint density at radius 1 is 1.30 bits per heavy atom. The summed E-state index contributed by atoms with van der Waals surface area (Å²) in [6.07, 6.45) is 4.77. The van der Waals surface area contributed by atoms with E-state index in [-0.39, 0.29) is 29.8 Å². The number of aliphatic hydroxyl groups excluding tert-OH is 1. The molecule has 114 valence electrons. The van der Waals surface area contributed by atoms with Gasteiger partial charge < -0.3 is 15.3 Å². The predicted octanol–water partition coefficient (Wildman–Crippen LogP) is 0.912. The number of amides is 2. The molecule has 2 unspecified atom stereocenters. The molecule has 1 heterocycles. The topological polar surface area (TPSA) is 69.6 Å². The molecule has 0 bridgehead atoms. The SMILES string of the molecule is CCC(O)CCNC(=O)C1CCCN(C(=O)C2CC2)C1. The van der Waals surface area contributed by atoms with Crippen LogP contribution in [-0.4, -0.2) is 47.6 Å². The summed E-state index contributed by atoms with van der Waals surface area (Å²) in [5.74, 6) is 0.423. The number of piperidine rings is 1. The molecule has 0 aromatic heterocycles. The van der Waals surface area contributed by atoms with Crippen LogP contribution in [0.25, 0.3) is 0 Å². The third kappa shape index (κ3) is 4.20. The number of carbonyl (C=O) groups is 2. The van der Waals surface area contributed by atoms with Crippen LogP contribution in [-0.2, 0) is 9.59 Å². The van der Waals surface area contributed by atoms with Gasteiger partial charge >= 0.3 is 0 Å². The average molecular weight is 282 g/mol. The lowest BCUT2D eigenvalue weighted by Crippen LogP contribution is -2.46. The molecule has 2 fully saturated rings. The molecule has 0 spiro atoms. The zero-order valence-electron chi connectivity index (χ0n) is 12.3. The molecule has 2 N–H and O–H groups in total. The Morgan fingerprint density at radius 3 is 2.70 bits per heavy atom. The van der Waals surface area contributed by atoms with Crippen molar-refractivity contribution in [2.75, 3.05) is 19.6 Å². The number of nitrogens with one attached hydrogen (secondary N) is 1. The van der Waals surface area contributed by atoms with E-state index in [1.165, 1.54) is 0 Å². The minimum absolute atomic E-state index is 0.0293. The summed E-state index contributed by atoms with van der Waals surface area (Å²) in [7, 11) is 0. The zero-order chi connectivity index (χ0) is 14.5. The van der Waals surface area contributed by atoms with Crippen molar-refractivity contribution < 1.29 is 14.7 Å². The predicted molar refractivity (Wildman–Crippen MR) is 76.0 cm³/mol. The molecular formula is C15H26N2O3. The van der Waals surface area contributed by atoms with Crippen LogP contribution in [0, 0.1) is 11.8 Å². The molecule has 2 atom stereocenters. The largest absolute Gasteiger partial charge is 0.393 e. The van der Waals surface area contributed by atoms with Gasteiger partial charge in [-0.3, -0.25) is 9.59 Å². The van der Waals surface area contributed by atoms with E-state index in [4.69, 9.17) is 0 Å². The summed E-state index contributed by atoms with van der Waals surface area (Å²) in [6.45, 7) is 3.81. The van der Waals surface area contributed by atoms with Crippen LogP contribution < -0.4 is 5.32 Å². The Hall–Kier alpha value is -1.10. The number of likely N-dealkylation sites (tertiary alicyclic amines) is 1. The molecule has 1 aliphatic heterocycles. The molecule has 5 heteroatoms. The van der Waals surface area contributed by atoms with Gasteiger partial charge in [-0.1, -0.05) is 6.92 Å². The van der Waals surface area contributed by atoms with Crippen LogP contribution in [0.4, 0.5) is 0 Å². The lowest BCUT2D eigenvalue weighted by Gasteiger charge is -2.32. The van der Waals surface area contributed by atoms with Crippen molar-refractivity contribution in [3.05, 3.63) is 0 Å². The van der Waals surface area contributed by atoms with E-state index in [9.17, 15) is 14.7 Å². The monoisotopic (exact) mass is 282 g/mol. The van der Waals surface area contributed by atoms with E-state index in [0.717, 1.165) is 32.2 Å². The molecule has 0 aromatic rings. The lowest BCUT2D eigenvalue weighted by atomic mass is 9.96. The molecule has 1 saturated carbocycles. The van der Waals surface area contributed by atoms with Crippen molar-refractivity contribution in [2.24, 2.45) is 11.8 Å². The van der Waals surface area contributed by atoms with Gasteiger partial charge in [-0.25, -0.2) is 0 Å². The molecule has 0 radical (unpaired) electrons. The summed E-state index contributed by atoms with van der Waals surface area (Å²) >= 11 is 0. The minimum Gasteiger partial charge on any atom is -0.393 e. The second-order valence-corrected chi connectivity index (χ2v) is 6.04. The highest BCUT2D eigenvalue weighted by Crippen LogP contribution is 2.32. The standard InChI is InChI=1S/C15H26N2O3/c1-2-13(18)7-8-16-14(19)12-4-3-9-17(10-12)15(20)11-5-6-11/h11-13,18H,2-10H2,1H3,(H,16,19). The summed E-state index contributed by atoms with van der Waals surface area (Å²) in [5, 5.41) is 12.3. The smallest absolute Gasteiger partial charge is 0.225 e. The van der Waals surface area contributed by atoms with Crippen LogP contribution in [0.5, 0.6) is 0 Å². The minimum atomic E-state index is -0.338. The number of rotatable bonds is 6. The Balaban J connectivity index is 1.73. The van der Waals surface area contributed by atoms with Gasteiger partial charge in [0, 0.05) is 25.6 Å². The average Bonchev–Trinajstić information content (AvgIpc) is 3.31. The number of carbonyl (C=O) groups excluding carboxylic acids is 2. The van der Waals surface area contributed by atoms with Crippen molar-refractivity contribution >= 4 is 11.8 Å². The molecule has 2 aliphatic rings. The van der Waals surface area contributed by atoms with Crippen LogP contribution in [0.2, 0.25) is 0 Å². The molecule has 2 rings (SSSR count). The van der Waals surface area contributed by atoms with Crippen molar-refractivity contribution in [1.82, 2.24) is 10.2 Å². The van der Waals surface area contributed by atoms with E-state index < -0.39 is 0 Å². The first-order chi connectivity index (χ1) is 9.61. The number of nitrogens with zero attached hydrogens (tertiary/aromatic N) is 1. The molecule has 1 aliphatic carbocycles. The number of hydrogen-bond donors (Lipinski definition) is 2. The van der Waals surface area contributed by atoms with Gasteiger partial charge in [0.1, 0.15) is 0 Å².